The molecule has 0 bridgehead atoms. The lowest BCUT2D eigenvalue weighted by Gasteiger charge is -2.18. The quantitative estimate of drug-likeness (QED) is 0.711. The van der Waals surface area contributed by atoms with Crippen LogP contribution < -0.4 is 10.6 Å². The maximum atomic E-state index is 13.2. The highest BCUT2D eigenvalue weighted by Gasteiger charge is 2.16. The predicted molar refractivity (Wildman–Crippen MR) is 95.5 cm³/mol. The largest absolute Gasteiger partial charge is 0.325 e. The molecule has 1 amide bonds. The summed E-state index contributed by atoms with van der Waals surface area (Å²) in [5.41, 5.74) is 1.94. The number of nitrogens with zero attached hydrogens (tertiary/aromatic N) is 1. The van der Waals surface area contributed by atoms with E-state index in [1.807, 2.05) is 48.5 Å². The summed E-state index contributed by atoms with van der Waals surface area (Å²) >= 11 is 0. The Morgan fingerprint density at radius 1 is 0.962 bits per heavy atom. The lowest BCUT2D eigenvalue weighted by atomic mass is 10.0. The van der Waals surface area contributed by atoms with Crippen molar-refractivity contribution in [1.82, 2.24) is 10.3 Å². The van der Waals surface area contributed by atoms with Crippen LogP contribution in [-0.2, 0) is 4.79 Å². The highest BCUT2D eigenvalue weighted by molar-refractivity contribution is 5.92. The number of nitrogens with one attached hydrogen (secondary N) is 2. The van der Waals surface area contributed by atoms with Crippen molar-refractivity contribution in [2.24, 2.45) is 0 Å². The number of anilines is 1. The van der Waals surface area contributed by atoms with Crippen LogP contribution in [-0.4, -0.2) is 17.4 Å². The Kier molecular flexibility index (Phi) is 5.66. The summed E-state index contributed by atoms with van der Waals surface area (Å²) in [6, 6.07) is 18.1. The molecule has 0 radical (unpaired) electrons. The molecule has 0 aliphatic rings. The van der Waals surface area contributed by atoms with Gasteiger partial charge in [-0.15, -0.1) is 0 Å². The van der Waals surface area contributed by atoms with Crippen LogP contribution in [0.5, 0.6) is 0 Å². The number of halogens is 2. The summed E-state index contributed by atoms with van der Waals surface area (Å²) in [6.45, 7) is -0.0187. The fraction of sp³-hybridized carbons (Fsp3) is 0.100. The van der Waals surface area contributed by atoms with Crippen molar-refractivity contribution in [2.75, 3.05) is 11.9 Å². The highest BCUT2D eigenvalue weighted by atomic mass is 19.2. The summed E-state index contributed by atoms with van der Waals surface area (Å²) in [7, 11) is 0. The van der Waals surface area contributed by atoms with Gasteiger partial charge < -0.3 is 5.32 Å². The van der Waals surface area contributed by atoms with Gasteiger partial charge in [-0.1, -0.05) is 36.4 Å². The van der Waals surface area contributed by atoms with Crippen molar-refractivity contribution >= 4 is 11.6 Å². The first-order chi connectivity index (χ1) is 12.6. The topological polar surface area (TPSA) is 54.0 Å². The highest BCUT2D eigenvalue weighted by Crippen LogP contribution is 2.19. The molecule has 26 heavy (non-hydrogen) atoms. The minimum Gasteiger partial charge on any atom is -0.325 e. The van der Waals surface area contributed by atoms with E-state index in [0.29, 0.717) is 0 Å². The van der Waals surface area contributed by atoms with E-state index in [0.717, 1.165) is 23.4 Å². The minimum absolute atomic E-state index is 0.0187. The van der Waals surface area contributed by atoms with E-state index >= 15 is 0 Å². The van der Waals surface area contributed by atoms with Gasteiger partial charge in [-0.3, -0.25) is 15.1 Å². The summed E-state index contributed by atoms with van der Waals surface area (Å²) < 4.78 is 26.2. The third-order valence-electron chi connectivity index (χ3n) is 3.79. The number of rotatable bonds is 6. The molecule has 0 saturated heterocycles. The summed E-state index contributed by atoms with van der Waals surface area (Å²) in [5.74, 6) is -2.33. The standard InChI is InChI=1S/C20H17F2N3O/c21-16-10-9-15(12-17(16)22)25-19(26)13-24-20(14-6-2-1-3-7-14)18-8-4-5-11-23-18/h1-12,20,24H,13H2,(H,25,26). The number of hydrogen-bond acceptors (Lipinski definition) is 3. The predicted octanol–water partition coefficient (Wildman–Crippen LogP) is 3.68. The maximum Gasteiger partial charge on any atom is 0.238 e. The molecule has 3 rings (SSSR count). The van der Waals surface area contributed by atoms with E-state index in [9.17, 15) is 13.6 Å². The molecule has 0 aliphatic heterocycles. The lowest BCUT2D eigenvalue weighted by Crippen LogP contribution is -2.32. The van der Waals surface area contributed by atoms with Crippen LogP contribution in [0.3, 0.4) is 0 Å². The molecular weight excluding hydrogens is 336 g/mol. The first-order valence-electron chi connectivity index (χ1n) is 8.07. The summed E-state index contributed by atoms with van der Waals surface area (Å²) in [6.07, 6.45) is 1.69. The third-order valence-corrected chi connectivity index (χ3v) is 3.79. The fourth-order valence-corrected chi connectivity index (χ4v) is 2.56. The number of benzene rings is 2. The SMILES string of the molecule is O=C(CNC(c1ccccc1)c1ccccn1)Nc1ccc(F)c(F)c1. The van der Waals surface area contributed by atoms with Gasteiger partial charge in [0.25, 0.3) is 0 Å². The van der Waals surface area contributed by atoms with Crippen molar-refractivity contribution in [1.29, 1.82) is 0 Å². The lowest BCUT2D eigenvalue weighted by molar-refractivity contribution is -0.115. The average Bonchev–Trinajstić information content (AvgIpc) is 2.67. The molecule has 0 spiro atoms. The van der Waals surface area contributed by atoms with Gasteiger partial charge in [0.15, 0.2) is 11.6 Å². The molecule has 2 aromatic carbocycles. The van der Waals surface area contributed by atoms with Gasteiger partial charge >= 0.3 is 0 Å². The second kappa shape index (κ2) is 8.31. The molecule has 0 saturated carbocycles. The molecule has 6 heteroatoms. The number of pyridine rings is 1. The molecule has 0 aliphatic carbocycles. The van der Waals surface area contributed by atoms with Crippen molar-refractivity contribution in [3.63, 3.8) is 0 Å². The monoisotopic (exact) mass is 353 g/mol. The molecule has 132 valence electrons. The van der Waals surface area contributed by atoms with E-state index in [2.05, 4.69) is 15.6 Å². The van der Waals surface area contributed by atoms with E-state index in [4.69, 9.17) is 0 Å². The van der Waals surface area contributed by atoms with Gasteiger partial charge in [-0.05, 0) is 29.8 Å². The number of carbonyl (C=O) groups is 1. The van der Waals surface area contributed by atoms with Crippen LogP contribution in [0.1, 0.15) is 17.3 Å². The Hall–Kier alpha value is -3.12. The zero-order chi connectivity index (χ0) is 18.4. The fourth-order valence-electron chi connectivity index (χ4n) is 2.56. The molecule has 0 fully saturated rings. The van der Waals surface area contributed by atoms with Crippen molar-refractivity contribution in [2.45, 2.75) is 6.04 Å². The normalized spacial score (nSPS) is 11.8. The molecule has 3 aromatic rings. The minimum atomic E-state index is -1.01. The van der Waals surface area contributed by atoms with Gasteiger partial charge in [0, 0.05) is 18.0 Å². The molecule has 2 N–H and O–H groups in total. The van der Waals surface area contributed by atoms with Gasteiger partial charge in [0.1, 0.15) is 0 Å². The van der Waals surface area contributed by atoms with Crippen LogP contribution >= 0.6 is 0 Å². The second-order valence-electron chi connectivity index (χ2n) is 5.66. The second-order valence-corrected chi connectivity index (χ2v) is 5.66. The first-order valence-corrected chi connectivity index (χ1v) is 8.07. The maximum absolute atomic E-state index is 13.2. The Bertz CT molecular complexity index is 833. The molecule has 1 heterocycles. The van der Waals surface area contributed by atoms with Crippen LogP contribution in [0.15, 0.2) is 72.9 Å². The molecule has 1 aromatic heterocycles. The Balaban J connectivity index is 1.69. The average molecular weight is 353 g/mol. The Labute approximate surface area is 149 Å². The van der Waals surface area contributed by atoms with Crippen LogP contribution in [0.4, 0.5) is 14.5 Å². The van der Waals surface area contributed by atoms with Crippen molar-refractivity contribution in [3.05, 3.63) is 95.8 Å². The number of hydrogen-bond donors (Lipinski definition) is 2. The molecule has 1 unspecified atom stereocenters. The molecular formula is C20H17F2N3O. The first kappa shape index (κ1) is 17.7. The smallest absolute Gasteiger partial charge is 0.238 e. The van der Waals surface area contributed by atoms with Gasteiger partial charge in [-0.25, -0.2) is 8.78 Å². The molecule has 1 atom stereocenters. The van der Waals surface area contributed by atoms with E-state index in [1.165, 1.54) is 6.07 Å². The number of aromatic nitrogens is 1. The van der Waals surface area contributed by atoms with E-state index in [1.54, 1.807) is 6.20 Å². The zero-order valence-corrected chi connectivity index (χ0v) is 13.8. The van der Waals surface area contributed by atoms with Crippen LogP contribution in [0.25, 0.3) is 0 Å². The van der Waals surface area contributed by atoms with Crippen LogP contribution in [0.2, 0.25) is 0 Å². The molecule has 4 nitrogen and oxygen atoms in total. The van der Waals surface area contributed by atoms with Crippen LogP contribution in [0, 0.1) is 11.6 Å². The van der Waals surface area contributed by atoms with Crippen molar-refractivity contribution < 1.29 is 13.6 Å². The third kappa shape index (κ3) is 4.49. The van der Waals surface area contributed by atoms with E-state index < -0.39 is 11.6 Å². The van der Waals surface area contributed by atoms with Crippen molar-refractivity contribution in [3.8, 4) is 0 Å². The summed E-state index contributed by atoms with van der Waals surface area (Å²) in [5, 5.41) is 5.70. The summed E-state index contributed by atoms with van der Waals surface area (Å²) in [4.78, 5) is 16.5. The zero-order valence-electron chi connectivity index (χ0n) is 13.8. The number of carbonyl (C=O) groups excluding carboxylic acids is 1. The Morgan fingerprint density at radius 2 is 1.73 bits per heavy atom. The Morgan fingerprint density at radius 3 is 2.42 bits per heavy atom. The number of amides is 1. The van der Waals surface area contributed by atoms with Gasteiger partial charge in [0.05, 0.1) is 18.3 Å². The van der Waals surface area contributed by atoms with Gasteiger partial charge in [-0.2, -0.15) is 0 Å². The van der Waals surface area contributed by atoms with E-state index in [-0.39, 0.29) is 24.2 Å². The van der Waals surface area contributed by atoms with Gasteiger partial charge in [0.2, 0.25) is 5.91 Å².